The number of hydrogen-bond donors (Lipinski definition) is 2. The minimum atomic E-state index is 0.0540. The molecule has 1 aromatic heterocycles. The van der Waals surface area contributed by atoms with Gasteiger partial charge in [-0.1, -0.05) is 31.9 Å². The second-order valence-corrected chi connectivity index (χ2v) is 7.49. The van der Waals surface area contributed by atoms with Crippen LogP contribution in [-0.4, -0.2) is 27.8 Å². The Hall–Kier alpha value is -2.53. The molecule has 2 aliphatic rings. The van der Waals surface area contributed by atoms with Crippen LogP contribution in [0.4, 0.5) is 0 Å². The molecular weight excluding hydrogens is 338 g/mol. The summed E-state index contributed by atoms with van der Waals surface area (Å²) >= 11 is 0. The Labute approximate surface area is 160 Å². The van der Waals surface area contributed by atoms with Crippen molar-refractivity contribution in [2.24, 2.45) is 0 Å². The monoisotopic (exact) mass is 365 g/mol. The first kappa shape index (κ1) is 17.9. The number of rotatable bonds is 4. The summed E-state index contributed by atoms with van der Waals surface area (Å²) in [6.45, 7) is 4.40. The van der Waals surface area contributed by atoms with E-state index in [1.54, 1.807) is 13.2 Å². The number of benzene rings is 1. The standard InChI is InChI=1S/C22H27N3O2/c1-15-12-17(16-8-9-19(26)20(13-16)27-2)14-21-23-10-11-25(21)22(15)24-18-6-4-3-5-7-18/h8-11,13-14,18,22,24,26H,1,3-7,12H2,2H3. The first-order chi connectivity index (χ1) is 13.2. The summed E-state index contributed by atoms with van der Waals surface area (Å²) in [6.07, 6.45) is 13.2. The van der Waals surface area contributed by atoms with Gasteiger partial charge in [-0.3, -0.25) is 5.32 Å². The van der Waals surface area contributed by atoms with Crippen LogP contribution in [0, 0.1) is 0 Å². The fraction of sp³-hybridized carbons (Fsp3) is 0.409. The largest absolute Gasteiger partial charge is 0.504 e. The van der Waals surface area contributed by atoms with E-state index in [-0.39, 0.29) is 11.9 Å². The maximum Gasteiger partial charge on any atom is 0.161 e. The third kappa shape index (κ3) is 3.65. The van der Waals surface area contributed by atoms with Crippen molar-refractivity contribution in [1.29, 1.82) is 0 Å². The summed E-state index contributed by atoms with van der Waals surface area (Å²) in [5.74, 6) is 1.54. The molecule has 0 radical (unpaired) electrons. The van der Waals surface area contributed by atoms with E-state index in [0.717, 1.165) is 29.0 Å². The molecule has 4 rings (SSSR count). The van der Waals surface area contributed by atoms with Gasteiger partial charge in [-0.2, -0.15) is 0 Å². The lowest BCUT2D eigenvalue weighted by Gasteiger charge is -2.30. The van der Waals surface area contributed by atoms with Gasteiger partial charge >= 0.3 is 0 Å². The van der Waals surface area contributed by atoms with E-state index in [1.807, 2.05) is 24.5 Å². The van der Waals surface area contributed by atoms with Gasteiger partial charge in [0.05, 0.1) is 7.11 Å². The summed E-state index contributed by atoms with van der Waals surface area (Å²) in [5.41, 5.74) is 3.26. The number of imidazole rings is 1. The molecule has 2 aromatic rings. The molecule has 0 saturated heterocycles. The molecule has 1 saturated carbocycles. The lowest BCUT2D eigenvalue weighted by Crippen LogP contribution is -2.38. The first-order valence-corrected chi connectivity index (χ1v) is 9.70. The third-order valence-corrected chi connectivity index (χ3v) is 5.63. The number of allylic oxidation sites excluding steroid dienone is 1. The molecule has 2 heterocycles. The van der Waals surface area contributed by atoms with Crippen LogP contribution in [0.3, 0.4) is 0 Å². The number of hydrogen-bond acceptors (Lipinski definition) is 4. The highest BCUT2D eigenvalue weighted by Crippen LogP contribution is 2.37. The van der Waals surface area contributed by atoms with Gasteiger partial charge in [0, 0.05) is 18.4 Å². The number of methoxy groups -OCH3 is 1. The average molecular weight is 365 g/mol. The zero-order valence-electron chi connectivity index (χ0n) is 15.8. The third-order valence-electron chi connectivity index (χ3n) is 5.63. The Morgan fingerprint density at radius 1 is 1.26 bits per heavy atom. The highest BCUT2D eigenvalue weighted by atomic mass is 16.5. The number of ether oxygens (including phenoxy) is 1. The predicted molar refractivity (Wildman–Crippen MR) is 108 cm³/mol. The highest BCUT2D eigenvalue weighted by molar-refractivity contribution is 5.82. The average Bonchev–Trinajstić information content (AvgIpc) is 3.10. The Balaban J connectivity index is 1.64. The van der Waals surface area contributed by atoms with Crippen molar-refractivity contribution < 1.29 is 9.84 Å². The number of aromatic hydroxyl groups is 1. The summed E-state index contributed by atoms with van der Waals surface area (Å²) in [4.78, 5) is 4.56. The fourth-order valence-corrected chi connectivity index (χ4v) is 4.15. The smallest absolute Gasteiger partial charge is 0.161 e. The van der Waals surface area contributed by atoms with Crippen molar-refractivity contribution in [2.45, 2.75) is 50.7 Å². The van der Waals surface area contributed by atoms with Crippen LogP contribution in [0.2, 0.25) is 0 Å². The minimum absolute atomic E-state index is 0.0540. The molecule has 1 aliphatic heterocycles. The molecule has 1 atom stereocenters. The van der Waals surface area contributed by atoms with Gasteiger partial charge in [0.25, 0.3) is 0 Å². The molecule has 1 fully saturated rings. The molecule has 1 aliphatic carbocycles. The van der Waals surface area contributed by atoms with Crippen molar-refractivity contribution in [3.05, 3.63) is 54.1 Å². The van der Waals surface area contributed by atoms with Crippen LogP contribution in [-0.2, 0) is 0 Å². The molecule has 0 spiro atoms. The van der Waals surface area contributed by atoms with Crippen molar-refractivity contribution in [2.75, 3.05) is 7.11 Å². The van der Waals surface area contributed by atoms with E-state index in [4.69, 9.17) is 4.74 Å². The van der Waals surface area contributed by atoms with E-state index >= 15 is 0 Å². The molecular formula is C22H27N3O2. The predicted octanol–water partition coefficient (Wildman–Crippen LogP) is 4.52. The van der Waals surface area contributed by atoms with Crippen LogP contribution in [0.1, 0.15) is 56.1 Å². The lowest BCUT2D eigenvalue weighted by atomic mass is 9.94. The number of phenolic OH excluding ortho intramolecular Hbond substituents is 1. The molecule has 1 aromatic carbocycles. The van der Waals surface area contributed by atoms with Crippen LogP contribution in [0.15, 0.2) is 42.7 Å². The molecule has 5 heteroatoms. The maximum atomic E-state index is 9.90. The topological polar surface area (TPSA) is 59.3 Å². The van der Waals surface area contributed by atoms with Crippen molar-refractivity contribution in [3.8, 4) is 11.5 Å². The van der Waals surface area contributed by atoms with E-state index in [9.17, 15) is 5.11 Å². The second-order valence-electron chi connectivity index (χ2n) is 7.49. The lowest BCUT2D eigenvalue weighted by molar-refractivity contribution is 0.314. The molecule has 5 nitrogen and oxygen atoms in total. The minimum Gasteiger partial charge on any atom is -0.504 e. The number of fused-ring (bicyclic) bond motifs is 1. The number of phenols is 1. The molecule has 27 heavy (non-hydrogen) atoms. The zero-order valence-corrected chi connectivity index (χ0v) is 15.8. The molecule has 1 unspecified atom stereocenters. The van der Waals surface area contributed by atoms with E-state index < -0.39 is 0 Å². The molecule has 142 valence electrons. The van der Waals surface area contributed by atoms with Gasteiger partial charge in [-0.15, -0.1) is 0 Å². The van der Waals surface area contributed by atoms with E-state index in [1.165, 1.54) is 32.1 Å². The Kier molecular flexibility index (Phi) is 5.03. The number of aromatic nitrogens is 2. The SMILES string of the molecule is C=C1CC(c2ccc(O)c(OC)c2)=Cc2nccn2C1NC1CCCCC1. The van der Waals surface area contributed by atoms with Gasteiger partial charge in [0.15, 0.2) is 11.5 Å². The van der Waals surface area contributed by atoms with Gasteiger partial charge in [-0.25, -0.2) is 4.98 Å². The van der Waals surface area contributed by atoms with Crippen LogP contribution >= 0.6 is 0 Å². The van der Waals surface area contributed by atoms with E-state index in [2.05, 4.69) is 27.5 Å². The Bertz CT molecular complexity index is 862. The molecule has 2 N–H and O–H groups in total. The van der Waals surface area contributed by atoms with Crippen molar-refractivity contribution in [1.82, 2.24) is 14.9 Å². The van der Waals surface area contributed by atoms with Gasteiger partial charge in [0.1, 0.15) is 12.0 Å². The summed E-state index contributed by atoms with van der Waals surface area (Å²) in [7, 11) is 1.57. The summed E-state index contributed by atoms with van der Waals surface area (Å²) in [6, 6.07) is 5.99. The summed E-state index contributed by atoms with van der Waals surface area (Å²) < 4.78 is 7.46. The van der Waals surface area contributed by atoms with Gasteiger partial charge in [0.2, 0.25) is 0 Å². The molecule has 0 amide bonds. The number of nitrogens with one attached hydrogen (secondary N) is 1. The van der Waals surface area contributed by atoms with Crippen LogP contribution in [0.5, 0.6) is 11.5 Å². The van der Waals surface area contributed by atoms with Crippen LogP contribution < -0.4 is 10.1 Å². The van der Waals surface area contributed by atoms with Crippen molar-refractivity contribution in [3.63, 3.8) is 0 Å². The molecule has 0 bridgehead atoms. The zero-order chi connectivity index (χ0) is 18.8. The van der Waals surface area contributed by atoms with Crippen molar-refractivity contribution >= 4 is 11.6 Å². The Morgan fingerprint density at radius 2 is 2.07 bits per heavy atom. The second kappa shape index (κ2) is 7.61. The Morgan fingerprint density at radius 3 is 2.85 bits per heavy atom. The quantitative estimate of drug-likeness (QED) is 0.782. The maximum absolute atomic E-state index is 9.90. The summed E-state index contributed by atoms with van der Waals surface area (Å²) in [5, 5.41) is 13.7. The first-order valence-electron chi connectivity index (χ1n) is 9.70. The van der Waals surface area contributed by atoms with Gasteiger partial charge < -0.3 is 14.4 Å². The van der Waals surface area contributed by atoms with Gasteiger partial charge in [-0.05, 0) is 54.2 Å². The fourth-order valence-electron chi connectivity index (χ4n) is 4.15. The van der Waals surface area contributed by atoms with E-state index in [0.29, 0.717) is 11.8 Å². The van der Waals surface area contributed by atoms with Crippen LogP contribution in [0.25, 0.3) is 11.6 Å². The number of nitrogens with zero attached hydrogens (tertiary/aromatic N) is 2. The normalized spacial score (nSPS) is 20.7. The highest BCUT2D eigenvalue weighted by Gasteiger charge is 2.26.